The number of unbranched alkanes of at least 4 members (excludes halogenated alkanes) is 1. The highest BCUT2D eigenvalue weighted by atomic mass is 16.5. The number of nitrogens with zero attached hydrogens (tertiary/aromatic N) is 2. The molecule has 0 bridgehead atoms. The van der Waals surface area contributed by atoms with Gasteiger partial charge in [0.05, 0.1) is 0 Å². The minimum Gasteiger partial charge on any atom is -0.461 e. The number of hydrogen-bond acceptors (Lipinski definition) is 4. The SMILES string of the molecule is O=C(CCCCc1ncccn1)OCc1ccccc1. The second-order valence-electron chi connectivity index (χ2n) is 4.52. The van der Waals surface area contributed by atoms with Gasteiger partial charge >= 0.3 is 5.97 Å². The van der Waals surface area contributed by atoms with Gasteiger partial charge in [0.2, 0.25) is 0 Å². The van der Waals surface area contributed by atoms with Crippen LogP contribution in [0.3, 0.4) is 0 Å². The average Bonchev–Trinajstić information content (AvgIpc) is 2.52. The van der Waals surface area contributed by atoms with Crippen molar-refractivity contribution in [3.8, 4) is 0 Å². The molecule has 2 rings (SSSR count). The van der Waals surface area contributed by atoms with E-state index < -0.39 is 0 Å². The van der Waals surface area contributed by atoms with Crippen LogP contribution in [0.5, 0.6) is 0 Å². The first-order chi connectivity index (χ1) is 9.84. The Labute approximate surface area is 118 Å². The van der Waals surface area contributed by atoms with Gasteiger partial charge in [-0.3, -0.25) is 4.79 Å². The molecule has 0 fully saturated rings. The van der Waals surface area contributed by atoms with Crippen LogP contribution in [0.1, 0.15) is 30.7 Å². The van der Waals surface area contributed by atoms with E-state index in [4.69, 9.17) is 4.74 Å². The Morgan fingerprint density at radius 1 is 1.00 bits per heavy atom. The molecule has 0 atom stereocenters. The Balaban J connectivity index is 1.59. The van der Waals surface area contributed by atoms with E-state index in [0.29, 0.717) is 13.0 Å². The summed E-state index contributed by atoms with van der Waals surface area (Å²) in [6, 6.07) is 11.5. The number of aryl methyl sites for hydroxylation is 1. The van der Waals surface area contributed by atoms with Gasteiger partial charge in [0.15, 0.2) is 0 Å². The van der Waals surface area contributed by atoms with E-state index in [9.17, 15) is 4.79 Å². The Hall–Kier alpha value is -2.23. The normalized spacial score (nSPS) is 10.2. The van der Waals surface area contributed by atoms with Gasteiger partial charge in [0.25, 0.3) is 0 Å². The highest BCUT2D eigenvalue weighted by molar-refractivity contribution is 5.69. The molecule has 0 amide bonds. The number of ether oxygens (including phenoxy) is 1. The number of carbonyl (C=O) groups is 1. The van der Waals surface area contributed by atoms with Crippen LogP contribution in [0.25, 0.3) is 0 Å². The summed E-state index contributed by atoms with van der Waals surface area (Å²) in [6.45, 7) is 0.349. The summed E-state index contributed by atoms with van der Waals surface area (Å²) in [5.74, 6) is 0.674. The Kier molecular flexibility index (Phi) is 5.71. The molecule has 1 aromatic heterocycles. The van der Waals surface area contributed by atoms with Crippen molar-refractivity contribution in [2.24, 2.45) is 0 Å². The molecule has 0 aliphatic heterocycles. The molecule has 0 unspecified atom stereocenters. The smallest absolute Gasteiger partial charge is 0.306 e. The van der Waals surface area contributed by atoms with Crippen LogP contribution in [-0.4, -0.2) is 15.9 Å². The summed E-state index contributed by atoms with van der Waals surface area (Å²) in [4.78, 5) is 19.9. The van der Waals surface area contributed by atoms with Crippen molar-refractivity contribution in [2.75, 3.05) is 0 Å². The zero-order chi connectivity index (χ0) is 14.0. The van der Waals surface area contributed by atoms with E-state index in [0.717, 1.165) is 30.7 Å². The zero-order valence-electron chi connectivity index (χ0n) is 11.4. The van der Waals surface area contributed by atoms with E-state index in [1.165, 1.54) is 0 Å². The van der Waals surface area contributed by atoms with E-state index in [1.54, 1.807) is 18.5 Å². The quantitative estimate of drug-likeness (QED) is 0.573. The van der Waals surface area contributed by atoms with E-state index in [1.807, 2.05) is 30.3 Å². The van der Waals surface area contributed by atoms with Gasteiger partial charge in [0, 0.05) is 25.2 Å². The molecule has 0 radical (unpaired) electrons. The lowest BCUT2D eigenvalue weighted by Crippen LogP contribution is -2.04. The maximum absolute atomic E-state index is 11.6. The second-order valence-corrected chi connectivity index (χ2v) is 4.52. The van der Waals surface area contributed by atoms with Crippen LogP contribution in [0.2, 0.25) is 0 Å². The Morgan fingerprint density at radius 2 is 1.75 bits per heavy atom. The van der Waals surface area contributed by atoms with Crippen LogP contribution in [0, 0.1) is 0 Å². The lowest BCUT2D eigenvalue weighted by atomic mass is 10.2. The summed E-state index contributed by atoms with van der Waals surface area (Å²) in [5.41, 5.74) is 1.01. The van der Waals surface area contributed by atoms with Gasteiger partial charge in [-0.25, -0.2) is 9.97 Å². The number of benzene rings is 1. The van der Waals surface area contributed by atoms with Crippen molar-refractivity contribution in [3.05, 3.63) is 60.2 Å². The molecule has 2 aromatic rings. The fourth-order valence-corrected chi connectivity index (χ4v) is 1.82. The lowest BCUT2D eigenvalue weighted by molar-refractivity contribution is -0.145. The molecule has 0 saturated heterocycles. The van der Waals surface area contributed by atoms with E-state index >= 15 is 0 Å². The Bertz CT molecular complexity index is 515. The number of esters is 1. The third kappa shape index (κ3) is 5.18. The molecule has 1 heterocycles. The molecule has 20 heavy (non-hydrogen) atoms. The summed E-state index contributed by atoms with van der Waals surface area (Å²) in [7, 11) is 0. The number of rotatable bonds is 7. The Morgan fingerprint density at radius 3 is 2.50 bits per heavy atom. The monoisotopic (exact) mass is 270 g/mol. The maximum Gasteiger partial charge on any atom is 0.306 e. The minimum atomic E-state index is -0.150. The van der Waals surface area contributed by atoms with Crippen molar-refractivity contribution >= 4 is 5.97 Å². The third-order valence-corrected chi connectivity index (χ3v) is 2.89. The van der Waals surface area contributed by atoms with Gasteiger partial charge in [0.1, 0.15) is 12.4 Å². The fraction of sp³-hybridized carbons (Fsp3) is 0.312. The molecular weight excluding hydrogens is 252 g/mol. The third-order valence-electron chi connectivity index (χ3n) is 2.89. The van der Waals surface area contributed by atoms with Crippen molar-refractivity contribution in [3.63, 3.8) is 0 Å². The van der Waals surface area contributed by atoms with Gasteiger partial charge in [-0.15, -0.1) is 0 Å². The molecule has 0 N–H and O–H groups in total. The summed E-state index contributed by atoms with van der Waals surface area (Å²) in [6.07, 6.45) is 6.40. The van der Waals surface area contributed by atoms with Crippen LogP contribution in [-0.2, 0) is 22.6 Å². The molecule has 0 saturated carbocycles. The van der Waals surface area contributed by atoms with Crippen molar-refractivity contribution in [2.45, 2.75) is 32.3 Å². The zero-order valence-corrected chi connectivity index (χ0v) is 11.4. The van der Waals surface area contributed by atoms with Crippen LogP contribution < -0.4 is 0 Å². The standard InChI is InChI=1S/C16H18N2O2/c19-16(20-13-14-7-2-1-3-8-14)10-5-4-9-15-17-11-6-12-18-15/h1-3,6-8,11-12H,4-5,9-10,13H2. The molecule has 4 nitrogen and oxygen atoms in total. The largest absolute Gasteiger partial charge is 0.461 e. The summed E-state index contributed by atoms with van der Waals surface area (Å²) < 4.78 is 5.21. The number of carbonyl (C=O) groups excluding carboxylic acids is 1. The van der Waals surface area contributed by atoms with Crippen LogP contribution >= 0.6 is 0 Å². The fourth-order valence-electron chi connectivity index (χ4n) is 1.82. The van der Waals surface area contributed by atoms with Crippen molar-refractivity contribution in [1.82, 2.24) is 9.97 Å². The minimum absolute atomic E-state index is 0.150. The molecule has 104 valence electrons. The molecule has 0 spiro atoms. The van der Waals surface area contributed by atoms with Gasteiger partial charge in [-0.2, -0.15) is 0 Å². The number of hydrogen-bond donors (Lipinski definition) is 0. The van der Waals surface area contributed by atoms with Gasteiger partial charge < -0.3 is 4.74 Å². The second kappa shape index (κ2) is 8.04. The molecule has 0 aliphatic carbocycles. The summed E-state index contributed by atoms with van der Waals surface area (Å²) in [5, 5.41) is 0. The molecule has 1 aromatic carbocycles. The van der Waals surface area contributed by atoms with Crippen molar-refractivity contribution in [1.29, 1.82) is 0 Å². The molecular formula is C16H18N2O2. The molecule has 4 heteroatoms. The average molecular weight is 270 g/mol. The molecule has 0 aliphatic rings. The first kappa shape index (κ1) is 14.2. The predicted octanol–water partition coefficient (Wildman–Crippen LogP) is 2.93. The van der Waals surface area contributed by atoms with Crippen molar-refractivity contribution < 1.29 is 9.53 Å². The first-order valence-corrected chi connectivity index (χ1v) is 6.80. The highest BCUT2D eigenvalue weighted by Crippen LogP contribution is 2.05. The van der Waals surface area contributed by atoms with E-state index in [-0.39, 0.29) is 5.97 Å². The van der Waals surface area contributed by atoms with Crippen LogP contribution in [0.15, 0.2) is 48.8 Å². The first-order valence-electron chi connectivity index (χ1n) is 6.80. The maximum atomic E-state index is 11.6. The highest BCUT2D eigenvalue weighted by Gasteiger charge is 2.03. The van der Waals surface area contributed by atoms with Gasteiger partial charge in [-0.05, 0) is 24.5 Å². The lowest BCUT2D eigenvalue weighted by Gasteiger charge is -2.04. The van der Waals surface area contributed by atoms with Gasteiger partial charge in [-0.1, -0.05) is 30.3 Å². The van der Waals surface area contributed by atoms with E-state index in [2.05, 4.69) is 9.97 Å². The van der Waals surface area contributed by atoms with Crippen LogP contribution in [0.4, 0.5) is 0 Å². The predicted molar refractivity (Wildman–Crippen MR) is 75.8 cm³/mol. The number of aromatic nitrogens is 2. The topological polar surface area (TPSA) is 52.1 Å². The summed E-state index contributed by atoms with van der Waals surface area (Å²) >= 11 is 0.